The molecule has 1 aliphatic rings. The molecule has 0 spiro atoms. The molecule has 7 nitrogen and oxygen atoms in total. The van der Waals surface area contributed by atoms with E-state index in [0.717, 1.165) is 29.8 Å². The fourth-order valence-electron chi connectivity index (χ4n) is 3.61. The van der Waals surface area contributed by atoms with Crippen LogP contribution in [0.15, 0.2) is 47.5 Å². The monoisotopic (exact) mass is 376 g/mol. The zero-order chi connectivity index (χ0) is 19.7. The van der Waals surface area contributed by atoms with Crippen LogP contribution in [0.2, 0.25) is 0 Å². The van der Waals surface area contributed by atoms with Gasteiger partial charge in [-0.1, -0.05) is 6.92 Å². The molecule has 2 heterocycles. The van der Waals surface area contributed by atoms with Gasteiger partial charge in [0.1, 0.15) is 11.8 Å². The molecule has 2 aromatic heterocycles. The number of anilines is 2. The number of nitriles is 1. The molecule has 0 aliphatic heterocycles. The SMILES string of the molecule is CC1CCc2cc(C#N)cnc2[C@@H]1Nc1ccc(N)c(C(=N)c2cnco2)c1.[HH].[HH]. The Morgan fingerprint density at radius 1 is 1.39 bits per heavy atom. The first kappa shape index (κ1) is 17.7. The minimum Gasteiger partial charge on any atom is -0.442 e. The molecule has 1 aromatic carbocycles. The Balaban J connectivity index is 0.00000160. The average molecular weight is 376 g/mol. The van der Waals surface area contributed by atoms with E-state index in [4.69, 9.17) is 20.8 Å². The van der Waals surface area contributed by atoms with Crippen LogP contribution < -0.4 is 11.1 Å². The van der Waals surface area contributed by atoms with Gasteiger partial charge in [-0.2, -0.15) is 5.26 Å². The number of nitrogens with one attached hydrogen (secondary N) is 2. The predicted octanol–water partition coefficient (Wildman–Crippen LogP) is 4.17. The molecule has 3 aromatic rings. The maximum absolute atomic E-state index is 9.13. The van der Waals surface area contributed by atoms with Crippen molar-refractivity contribution in [1.29, 1.82) is 10.7 Å². The highest BCUT2D eigenvalue weighted by atomic mass is 16.3. The van der Waals surface area contributed by atoms with Crippen LogP contribution in [0.4, 0.5) is 11.4 Å². The van der Waals surface area contributed by atoms with Crippen molar-refractivity contribution in [2.24, 2.45) is 5.92 Å². The van der Waals surface area contributed by atoms with E-state index >= 15 is 0 Å². The van der Waals surface area contributed by atoms with Crippen LogP contribution in [0.1, 0.15) is 50.4 Å². The summed E-state index contributed by atoms with van der Waals surface area (Å²) < 4.78 is 5.23. The molecule has 0 bridgehead atoms. The zero-order valence-corrected chi connectivity index (χ0v) is 15.4. The molecule has 1 unspecified atom stereocenters. The molecule has 0 amide bonds. The quantitative estimate of drug-likeness (QED) is 0.464. The van der Waals surface area contributed by atoms with Crippen molar-refractivity contribution < 1.29 is 7.27 Å². The lowest BCUT2D eigenvalue weighted by Crippen LogP contribution is -2.26. The Labute approximate surface area is 165 Å². The molecule has 0 saturated heterocycles. The topological polar surface area (TPSA) is 125 Å². The Hall–Kier alpha value is -3.66. The van der Waals surface area contributed by atoms with Gasteiger partial charge in [0.25, 0.3) is 0 Å². The van der Waals surface area contributed by atoms with E-state index in [2.05, 4.69) is 28.3 Å². The van der Waals surface area contributed by atoms with Gasteiger partial charge >= 0.3 is 0 Å². The summed E-state index contributed by atoms with van der Waals surface area (Å²) in [5.74, 6) is 0.744. The molecular formula is C21H24N6O. The van der Waals surface area contributed by atoms with Crippen LogP contribution >= 0.6 is 0 Å². The van der Waals surface area contributed by atoms with Crippen LogP contribution in [0, 0.1) is 22.7 Å². The van der Waals surface area contributed by atoms with Crippen molar-refractivity contribution in [3.05, 3.63) is 71.2 Å². The first-order valence-electron chi connectivity index (χ1n) is 9.09. The lowest BCUT2D eigenvalue weighted by atomic mass is 9.83. The highest BCUT2D eigenvalue weighted by molar-refractivity contribution is 6.12. The number of fused-ring (bicyclic) bond motifs is 1. The van der Waals surface area contributed by atoms with Crippen LogP contribution in [-0.4, -0.2) is 15.7 Å². The summed E-state index contributed by atoms with van der Waals surface area (Å²) in [5, 5.41) is 21.0. The molecule has 144 valence electrons. The molecule has 4 N–H and O–H groups in total. The second-order valence-electron chi connectivity index (χ2n) is 7.06. The normalized spacial score (nSPS) is 18.1. The summed E-state index contributed by atoms with van der Waals surface area (Å²) >= 11 is 0. The summed E-state index contributed by atoms with van der Waals surface area (Å²) in [6.07, 6.45) is 6.35. The van der Waals surface area contributed by atoms with Gasteiger partial charge in [-0.3, -0.25) is 10.4 Å². The summed E-state index contributed by atoms with van der Waals surface area (Å²) in [6, 6.07) is 9.64. The number of nitrogens with zero attached hydrogens (tertiary/aromatic N) is 3. The number of benzene rings is 1. The Morgan fingerprint density at radius 2 is 2.25 bits per heavy atom. The largest absolute Gasteiger partial charge is 0.442 e. The predicted molar refractivity (Wildman–Crippen MR) is 110 cm³/mol. The number of hydrogen-bond acceptors (Lipinski definition) is 7. The van der Waals surface area contributed by atoms with Crippen molar-refractivity contribution >= 4 is 17.1 Å². The molecule has 7 heteroatoms. The highest BCUT2D eigenvalue weighted by Crippen LogP contribution is 2.36. The van der Waals surface area contributed by atoms with Gasteiger partial charge in [0.2, 0.25) is 0 Å². The van der Waals surface area contributed by atoms with Gasteiger partial charge in [-0.15, -0.1) is 0 Å². The van der Waals surface area contributed by atoms with Gasteiger partial charge < -0.3 is 15.5 Å². The summed E-state index contributed by atoms with van der Waals surface area (Å²) in [4.78, 5) is 8.43. The van der Waals surface area contributed by atoms with Gasteiger partial charge in [-0.05, 0) is 48.6 Å². The summed E-state index contributed by atoms with van der Waals surface area (Å²) in [6.45, 7) is 2.19. The minimum absolute atomic E-state index is 0. The van der Waals surface area contributed by atoms with E-state index in [9.17, 15) is 0 Å². The second-order valence-corrected chi connectivity index (χ2v) is 7.06. The van der Waals surface area contributed by atoms with Crippen molar-refractivity contribution in [3.8, 4) is 6.07 Å². The first-order chi connectivity index (χ1) is 13.6. The number of hydrogen-bond donors (Lipinski definition) is 3. The number of nitrogens with two attached hydrogens (primary N) is 1. The smallest absolute Gasteiger partial charge is 0.181 e. The van der Waals surface area contributed by atoms with E-state index in [1.165, 1.54) is 12.6 Å². The Bertz CT molecular complexity index is 1080. The maximum Gasteiger partial charge on any atom is 0.181 e. The Morgan fingerprint density at radius 3 is 3.00 bits per heavy atom. The van der Waals surface area contributed by atoms with Crippen LogP contribution in [-0.2, 0) is 6.42 Å². The average Bonchev–Trinajstić information content (AvgIpc) is 3.25. The van der Waals surface area contributed by atoms with Crippen molar-refractivity contribution in [1.82, 2.24) is 9.97 Å². The second kappa shape index (κ2) is 7.16. The van der Waals surface area contributed by atoms with Gasteiger partial charge in [0, 0.05) is 26.0 Å². The van der Waals surface area contributed by atoms with E-state index in [1.807, 2.05) is 18.2 Å². The molecule has 28 heavy (non-hydrogen) atoms. The molecule has 0 fully saturated rings. The van der Waals surface area contributed by atoms with E-state index in [-0.39, 0.29) is 14.6 Å². The number of aryl methyl sites for hydroxylation is 1. The fraction of sp³-hybridized carbons (Fsp3) is 0.238. The number of nitrogen functional groups attached to an aromatic ring is 1. The molecule has 1 aliphatic carbocycles. The van der Waals surface area contributed by atoms with Crippen molar-refractivity contribution in [3.63, 3.8) is 0 Å². The van der Waals surface area contributed by atoms with Gasteiger partial charge in [0.15, 0.2) is 12.2 Å². The van der Waals surface area contributed by atoms with Crippen LogP contribution in [0.5, 0.6) is 0 Å². The molecular weight excluding hydrogens is 352 g/mol. The third-order valence-corrected chi connectivity index (χ3v) is 5.19. The van der Waals surface area contributed by atoms with Crippen molar-refractivity contribution in [2.45, 2.75) is 25.8 Å². The number of pyridine rings is 1. The van der Waals surface area contributed by atoms with Gasteiger partial charge in [-0.25, -0.2) is 4.98 Å². The highest BCUT2D eigenvalue weighted by Gasteiger charge is 2.28. The maximum atomic E-state index is 9.13. The zero-order valence-electron chi connectivity index (χ0n) is 15.4. The standard InChI is InChI=1S/C21H20N6O.2H2/c1-12-2-3-14-6-13(8-22)9-26-21(14)20(12)27-15-4-5-17(23)16(7-15)19(24)18-10-25-11-28-18;;/h4-7,9-12,20,24,27H,2-3,23H2,1H3;2*1H/t12?,20-;;/m1../s1. The van der Waals surface area contributed by atoms with Crippen molar-refractivity contribution in [2.75, 3.05) is 11.1 Å². The Kier molecular flexibility index (Phi) is 4.53. The van der Waals surface area contributed by atoms with E-state index in [1.54, 1.807) is 12.3 Å². The summed E-state index contributed by atoms with van der Waals surface area (Å²) in [5.41, 5.74) is 10.9. The molecule has 0 radical (unpaired) electrons. The third kappa shape index (κ3) is 3.21. The number of rotatable bonds is 4. The van der Waals surface area contributed by atoms with Crippen LogP contribution in [0.3, 0.4) is 0 Å². The van der Waals surface area contributed by atoms with E-state index < -0.39 is 0 Å². The minimum atomic E-state index is 0. The summed E-state index contributed by atoms with van der Waals surface area (Å²) in [7, 11) is 0. The fourth-order valence-corrected chi connectivity index (χ4v) is 3.61. The first-order valence-corrected chi connectivity index (χ1v) is 9.09. The third-order valence-electron chi connectivity index (χ3n) is 5.19. The molecule has 2 atom stereocenters. The number of oxazole rings is 1. The van der Waals surface area contributed by atoms with E-state index in [0.29, 0.717) is 28.5 Å². The van der Waals surface area contributed by atoms with Crippen LogP contribution in [0.25, 0.3) is 0 Å². The molecule has 0 saturated carbocycles. The lowest BCUT2D eigenvalue weighted by Gasteiger charge is -2.32. The van der Waals surface area contributed by atoms with Gasteiger partial charge in [0.05, 0.1) is 23.5 Å². The molecule has 4 rings (SSSR count). The lowest BCUT2D eigenvalue weighted by molar-refractivity contribution is 0.425. The number of aromatic nitrogens is 2.